The lowest BCUT2D eigenvalue weighted by atomic mass is 10.1. The molecule has 178 valence electrons. The molecule has 10 heteroatoms. The third-order valence-electron chi connectivity index (χ3n) is 6.03. The van der Waals surface area contributed by atoms with Gasteiger partial charge in [-0.15, -0.1) is 0 Å². The Balaban J connectivity index is 1.53. The highest BCUT2D eigenvalue weighted by atomic mass is 35.5. The van der Waals surface area contributed by atoms with Crippen molar-refractivity contribution in [3.05, 3.63) is 73.7 Å². The van der Waals surface area contributed by atoms with Crippen molar-refractivity contribution in [3.8, 4) is 0 Å². The molecule has 3 aromatic rings. The van der Waals surface area contributed by atoms with Crippen LogP contribution in [0.1, 0.15) is 27.6 Å². The molecule has 1 fully saturated rings. The van der Waals surface area contributed by atoms with E-state index in [4.69, 9.17) is 23.2 Å². The monoisotopic (exact) mass is 505 g/mol. The quantitative estimate of drug-likeness (QED) is 0.506. The number of hydrogen-bond donors (Lipinski definition) is 1. The summed E-state index contributed by atoms with van der Waals surface area (Å²) in [5.74, 6) is -2.05. The average Bonchev–Trinajstić information content (AvgIpc) is 2.79. The van der Waals surface area contributed by atoms with Crippen LogP contribution in [-0.4, -0.2) is 59.0 Å². The minimum absolute atomic E-state index is 0.0343. The molecule has 7 nitrogen and oxygen atoms in total. The lowest BCUT2D eigenvalue weighted by Gasteiger charge is -2.36. The van der Waals surface area contributed by atoms with E-state index in [0.29, 0.717) is 59.5 Å². The Morgan fingerprint density at radius 2 is 1.76 bits per heavy atom. The molecule has 0 bridgehead atoms. The summed E-state index contributed by atoms with van der Waals surface area (Å²) >= 11 is 12.0. The molecule has 2 heterocycles. The van der Waals surface area contributed by atoms with Crippen LogP contribution in [0.2, 0.25) is 10.0 Å². The summed E-state index contributed by atoms with van der Waals surface area (Å²) in [5, 5.41) is 10.1. The zero-order chi connectivity index (χ0) is 24.6. The van der Waals surface area contributed by atoms with E-state index in [2.05, 4.69) is 0 Å². The maximum Gasteiger partial charge on any atom is 0.341 e. The number of nitrogens with zero attached hydrogens (tertiary/aromatic N) is 3. The molecule has 1 aromatic heterocycles. The summed E-state index contributed by atoms with van der Waals surface area (Å²) in [4.78, 5) is 40.5. The molecule has 1 N–H and O–H groups in total. The van der Waals surface area contributed by atoms with Gasteiger partial charge in [-0.3, -0.25) is 14.5 Å². The molecule has 1 saturated heterocycles. The van der Waals surface area contributed by atoms with Crippen molar-refractivity contribution in [2.24, 2.45) is 0 Å². The highest BCUT2D eigenvalue weighted by molar-refractivity contribution is 6.36. The molecule has 0 unspecified atom stereocenters. The Bertz CT molecular complexity index is 1350. The number of benzene rings is 2. The molecule has 0 amide bonds. The van der Waals surface area contributed by atoms with Gasteiger partial charge in [0.05, 0.1) is 22.8 Å². The molecule has 0 spiro atoms. The fourth-order valence-corrected chi connectivity index (χ4v) is 4.72. The molecule has 34 heavy (non-hydrogen) atoms. The van der Waals surface area contributed by atoms with Gasteiger partial charge < -0.3 is 14.6 Å². The fraction of sp³-hybridized carbons (Fsp3) is 0.292. The van der Waals surface area contributed by atoms with Crippen molar-refractivity contribution in [2.45, 2.75) is 13.5 Å². The highest BCUT2D eigenvalue weighted by Crippen LogP contribution is 2.27. The van der Waals surface area contributed by atoms with Crippen LogP contribution in [0, 0.1) is 5.82 Å². The second-order valence-corrected chi connectivity index (χ2v) is 8.94. The number of carbonyl (C=O) groups excluding carboxylic acids is 1. The zero-order valence-electron chi connectivity index (χ0n) is 18.4. The van der Waals surface area contributed by atoms with E-state index in [1.807, 2.05) is 16.7 Å². The number of carbonyl (C=O) groups is 2. The number of Topliss-reactive ketones (excluding diaryl/α,β-unsaturated/α-hetero) is 1. The maximum atomic E-state index is 15.0. The van der Waals surface area contributed by atoms with Gasteiger partial charge in [0.2, 0.25) is 5.43 Å². The first kappa shape index (κ1) is 24.2. The number of anilines is 1. The van der Waals surface area contributed by atoms with Gasteiger partial charge in [0.1, 0.15) is 11.4 Å². The average molecular weight is 506 g/mol. The van der Waals surface area contributed by atoms with Crippen molar-refractivity contribution in [2.75, 3.05) is 37.6 Å². The number of carboxylic acids is 1. The molecule has 1 aliphatic heterocycles. The molecule has 1 aliphatic rings. The standard InChI is InChI=1S/C24H22Cl2FN3O4/c1-2-29-12-17(24(33)34)23(32)16-10-19(27)21(11-20(16)29)30-7-5-28(6-8-30)13-22(31)15-4-3-14(25)9-18(15)26/h3-4,9-12H,2,5-8,13H2,1H3,(H,33,34). The fourth-order valence-electron chi connectivity index (χ4n) is 4.21. The van der Waals surface area contributed by atoms with Crippen LogP contribution in [0.15, 0.2) is 41.3 Å². The Morgan fingerprint density at radius 3 is 2.38 bits per heavy atom. The number of ketones is 1. The lowest BCUT2D eigenvalue weighted by molar-refractivity contribution is 0.0694. The maximum absolute atomic E-state index is 15.0. The molecular formula is C24H22Cl2FN3O4. The van der Waals surface area contributed by atoms with E-state index in [9.17, 15) is 19.5 Å². The number of aromatic nitrogens is 1. The van der Waals surface area contributed by atoms with E-state index in [1.54, 1.807) is 22.8 Å². The molecular weight excluding hydrogens is 484 g/mol. The van der Waals surface area contributed by atoms with Crippen LogP contribution in [-0.2, 0) is 6.54 Å². The number of pyridine rings is 1. The molecule has 4 rings (SSSR count). The number of aryl methyl sites for hydroxylation is 1. The molecule has 0 radical (unpaired) electrons. The van der Waals surface area contributed by atoms with Crippen molar-refractivity contribution < 1.29 is 19.1 Å². The van der Waals surface area contributed by atoms with Gasteiger partial charge in [-0.2, -0.15) is 0 Å². The molecule has 0 aliphatic carbocycles. The van der Waals surface area contributed by atoms with Crippen LogP contribution < -0.4 is 10.3 Å². The number of aromatic carboxylic acids is 1. The van der Waals surface area contributed by atoms with Crippen LogP contribution in [0.5, 0.6) is 0 Å². The second-order valence-electron chi connectivity index (χ2n) is 8.09. The smallest absolute Gasteiger partial charge is 0.341 e. The van der Waals surface area contributed by atoms with Crippen LogP contribution in [0.4, 0.5) is 10.1 Å². The van der Waals surface area contributed by atoms with Crippen LogP contribution >= 0.6 is 23.2 Å². The Hall–Kier alpha value is -2.94. The van der Waals surface area contributed by atoms with Gasteiger partial charge in [-0.1, -0.05) is 23.2 Å². The number of piperazine rings is 1. The topological polar surface area (TPSA) is 82.8 Å². The first-order chi connectivity index (χ1) is 16.2. The van der Waals surface area contributed by atoms with Gasteiger partial charge in [0, 0.05) is 54.9 Å². The molecule has 2 aromatic carbocycles. The summed E-state index contributed by atoms with van der Waals surface area (Å²) in [7, 11) is 0. The van der Waals surface area contributed by atoms with Gasteiger partial charge in [0.15, 0.2) is 5.78 Å². The zero-order valence-corrected chi connectivity index (χ0v) is 19.9. The Labute approximate surface area is 204 Å². The molecule has 0 saturated carbocycles. The largest absolute Gasteiger partial charge is 0.477 e. The second kappa shape index (κ2) is 9.74. The normalized spacial score (nSPS) is 14.5. The predicted octanol–water partition coefficient (Wildman–Crippen LogP) is 4.17. The van der Waals surface area contributed by atoms with Gasteiger partial charge >= 0.3 is 5.97 Å². The van der Waals surface area contributed by atoms with E-state index in [0.717, 1.165) is 6.07 Å². The van der Waals surface area contributed by atoms with Gasteiger partial charge in [-0.05, 0) is 37.3 Å². The third kappa shape index (κ3) is 4.66. The lowest BCUT2D eigenvalue weighted by Crippen LogP contribution is -2.48. The SMILES string of the molecule is CCn1cc(C(=O)O)c(=O)c2cc(F)c(N3CCN(CC(=O)c4ccc(Cl)cc4Cl)CC3)cc21. The van der Waals surface area contributed by atoms with Crippen molar-refractivity contribution >= 4 is 51.5 Å². The van der Waals surface area contributed by atoms with E-state index >= 15 is 4.39 Å². The number of halogens is 3. The van der Waals surface area contributed by atoms with Crippen molar-refractivity contribution in [1.82, 2.24) is 9.47 Å². The van der Waals surface area contributed by atoms with E-state index in [1.165, 1.54) is 12.3 Å². The molecule has 0 atom stereocenters. The summed E-state index contributed by atoms with van der Waals surface area (Å²) in [6, 6.07) is 7.47. The Morgan fingerprint density at radius 1 is 1.06 bits per heavy atom. The predicted molar refractivity (Wildman–Crippen MR) is 130 cm³/mol. The summed E-state index contributed by atoms with van der Waals surface area (Å²) in [6.45, 7) is 4.45. The van der Waals surface area contributed by atoms with E-state index < -0.39 is 17.2 Å². The third-order valence-corrected chi connectivity index (χ3v) is 6.58. The Kier molecular flexibility index (Phi) is 6.93. The van der Waals surface area contributed by atoms with E-state index in [-0.39, 0.29) is 23.3 Å². The number of hydrogen-bond acceptors (Lipinski definition) is 5. The van der Waals surface area contributed by atoms with Gasteiger partial charge in [-0.25, -0.2) is 9.18 Å². The first-order valence-electron chi connectivity index (χ1n) is 10.7. The summed E-state index contributed by atoms with van der Waals surface area (Å²) in [6.07, 6.45) is 1.29. The minimum Gasteiger partial charge on any atom is -0.477 e. The minimum atomic E-state index is -1.34. The van der Waals surface area contributed by atoms with Crippen molar-refractivity contribution in [1.29, 1.82) is 0 Å². The summed E-state index contributed by atoms with van der Waals surface area (Å²) < 4.78 is 16.7. The number of carboxylic acid groups (broad SMARTS) is 1. The summed E-state index contributed by atoms with van der Waals surface area (Å²) in [5.41, 5.74) is 0.127. The number of rotatable bonds is 6. The van der Waals surface area contributed by atoms with Crippen LogP contribution in [0.25, 0.3) is 10.9 Å². The number of fused-ring (bicyclic) bond motifs is 1. The highest BCUT2D eigenvalue weighted by Gasteiger charge is 2.24. The van der Waals surface area contributed by atoms with Gasteiger partial charge in [0.25, 0.3) is 0 Å². The van der Waals surface area contributed by atoms with Crippen LogP contribution in [0.3, 0.4) is 0 Å². The first-order valence-corrected chi connectivity index (χ1v) is 11.5. The van der Waals surface area contributed by atoms with Crippen molar-refractivity contribution in [3.63, 3.8) is 0 Å².